The quantitative estimate of drug-likeness (QED) is 0.619. The van der Waals surface area contributed by atoms with Crippen LogP contribution < -0.4 is 0 Å². The van der Waals surface area contributed by atoms with Crippen molar-refractivity contribution >= 4 is 5.91 Å². The summed E-state index contributed by atoms with van der Waals surface area (Å²) in [4.78, 5) is 17.8. The topological polar surface area (TPSA) is 33.2 Å². The Hall–Kier alpha value is -1.71. The summed E-state index contributed by atoms with van der Waals surface area (Å²) in [6, 6.07) is 1.31. The summed E-state index contributed by atoms with van der Waals surface area (Å²) in [5.41, 5.74) is 1.13. The molecule has 0 aliphatic heterocycles. The molecule has 120 valence electrons. The van der Waals surface area contributed by atoms with Crippen LogP contribution in [-0.2, 0) is 0 Å². The molecule has 1 aliphatic carbocycles. The third-order valence-electron chi connectivity index (χ3n) is 4.42. The average Bonchev–Trinajstić information content (AvgIpc) is 2.45. The van der Waals surface area contributed by atoms with Crippen molar-refractivity contribution in [2.75, 3.05) is 13.6 Å². The van der Waals surface area contributed by atoms with E-state index in [2.05, 4.69) is 17.1 Å². The van der Waals surface area contributed by atoms with Crippen LogP contribution >= 0.6 is 0 Å². The fourth-order valence-electron chi connectivity index (χ4n) is 2.95. The second-order valence-electron chi connectivity index (χ2n) is 6.18. The van der Waals surface area contributed by atoms with Crippen molar-refractivity contribution in [1.82, 2.24) is 9.88 Å². The lowest BCUT2D eigenvalue weighted by atomic mass is 9.91. The predicted molar refractivity (Wildman–Crippen MR) is 86.2 cm³/mol. The molecule has 1 unspecified atom stereocenters. The maximum atomic E-state index is 13.0. The maximum absolute atomic E-state index is 13.0. The fourth-order valence-corrected chi connectivity index (χ4v) is 2.95. The number of pyridine rings is 1. The molecule has 1 aliphatic rings. The highest BCUT2D eigenvalue weighted by molar-refractivity contribution is 5.95. The van der Waals surface area contributed by atoms with Crippen LogP contribution in [-0.4, -0.2) is 29.4 Å². The number of aryl methyl sites for hydroxylation is 1. The minimum atomic E-state index is -0.542. The van der Waals surface area contributed by atoms with Crippen LogP contribution in [0.4, 0.5) is 4.39 Å². The number of hydrogen-bond acceptors (Lipinski definition) is 2. The molecule has 22 heavy (non-hydrogen) atoms. The zero-order valence-electron chi connectivity index (χ0n) is 13.5. The van der Waals surface area contributed by atoms with Gasteiger partial charge in [-0.2, -0.15) is 4.39 Å². The van der Waals surface area contributed by atoms with Crippen LogP contribution in [0.25, 0.3) is 0 Å². The van der Waals surface area contributed by atoms with Gasteiger partial charge in [-0.3, -0.25) is 4.79 Å². The third kappa shape index (κ3) is 4.65. The molecule has 0 fully saturated rings. The Morgan fingerprint density at radius 2 is 2.14 bits per heavy atom. The number of allylic oxidation sites excluding steroid dienone is 2. The summed E-state index contributed by atoms with van der Waals surface area (Å²) in [5, 5.41) is 0. The highest BCUT2D eigenvalue weighted by atomic mass is 19.1. The Balaban J connectivity index is 1.89. The van der Waals surface area contributed by atoms with E-state index in [9.17, 15) is 9.18 Å². The fraction of sp³-hybridized carbons (Fsp3) is 0.556. The Labute approximate surface area is 132 Å². The van der Waals surface area contributed by atoms with Gasteiger partial charge < -0.3 is 4.90 Å². The van der Waals surface area contributed by atoms with E-state index in [1.165, 1.54) is 37.9 Å². The van der Waals surface area contributed by atoms with E-state index in [1.54, 1.807) is 11.8 Å². The molecule has 0 radical (unpaired) electrons. The van der Waals surface area contributed by atoms with E-state index in [0.717, 1.165) is 19.4 Å². The number of aromatic nitrogens is 1. The Morgan fingerprint density at radius 1 is 1.36 bits per heavy atom. The molecule has 0 saturated heterocycles. The molecule has 0 saturated carbocycles. The molecule has 3 nitrogen and oxygen atoms in total. The van der Waals surface area contributed by atoms with Gasteiger partial charge in [0, 0.05) is 19.8 Å². The first kappa shape index (κ1) is 16.7. The van der Waals surface area contributed by atoms with Crippen molar-refractivity contribution in [3.63, 3.8) is 0 Å². The number of carbonyl (C=O) groups excluding carboxylic acids is 1. The van der Waals surface area contributed by atoms with Gasteiger partial charge in [-0.15, -0.1) is 0 Å². The summed E-state index contributed by atoms with van der Waals surface area (Å²) in [6.45, 7) is 2.48. The molecule has 1 atom stereocenters. The van der Waals surface area contributed by atoms with E-state index in [1.807, 2.05) is 7.05 Å². The van der Waals surface area contributed by atoms with Gasteiger partial charge in [-0.1, -0.05) is 18.6 Å². The van der Waals surface area contributed by atoms with Crippen molar-refractivity contribution in [1.29, 1.82) is 0 Å². The van der Waals surface area contributed by atoms with Crippen LogP contribution in [0.2, 0.25) is 0 Å². The van der Waals surface area contributed by atoms with Gasteiger partial charge in [0.25, 0.3) is 5.91 Å². The van der Waals surface area contributed by atoms with Crippen molar-refractivity contribution in [2.45, 2.75) is 45.4 Å². The highest BCUT2D eigenvalue weighted by Crippen LogP contribution is 2.22. The van der Waals surface area contributed by atoms with Crippen molar-refractivity contribution in [3.8, 4) is 0 Å². The highest BCUT2D eigenvalue weighted by Gasteiger charge is 2.17. The lowest BCUT2D eigenvalue weighted by Gasteiger charge is -2.23. The van der Waals surface area contributed by atoms with Gasteiger partial charge in [0.15, 0.2) is 0 Å². The van der Waals surface area contributed by atoms with E-state index in [0.29, 0.717) is 17.0 Å². The molecule has 4 heteroatoms. The van der Waals surface area contributed by atoms with Gasteiger partial charge in [-0.25, -0.2) is 4.98 Å². The van der Waals surface area contributed by atoms with Crippen LogP contribution in [0.5, 0.6) is 0 Å². The SMILES string of the molecule is Cc1cc(F)ncc1C(=O)N(C)CCC1CC/C=C/CCC1. The molecule has 1 aromatic heterocycles. The first-order valence-electron chi connectivity index (χ1n) is 8.10. The van der Waals surface area contributed by atoms with Gasteiger partial charge in [-0.05, 0) is 56.6 Å². The standard InChI is InChI=1S/C18H25FN2O/c1-14-12-17(19)20-13-16(14)18(22)21(2)11-10-15-8-6-4-3-5-7-9-15/h3-4,12-13,15H,5-11H2,1-2H3/b4-3+. The summed E-state index contributed by atoms with van der Waals surface area (Å²) < 4.78 is 13.0. The minimum Gasteiger partial charge on any atom is -0.342 e. The zero-order valence-corrected chi connectivity index (χ0v) is 13.5. The van der Waals surface area contributed by atoms with E-state index >= 15 is 0 Å². The normalized spacial score (nSPS) is 20.0. The Morgan fingerprint density at radius 3 is 2.91 bits per heavy atom. The van der Waals surface area contributed by atoms with Gasteiger partial charge in [0.2, 0.25) is 5.95 Å². The van der Waals surface area contributed by atoms with E-state index < -0.39 is 5.95 Å². The van der Waals surface area contributed by atoms with Crippen LogP contribution in [0.3, 0.4) is 0 Å². The van der Waals surface area contributed by atoms with Crippen molar-refractivity contribution < 1.29 is 9.18 Å². The molecular weight excluding hydrogens is 279 g/mol. The second kappa shape index (κ2) is 8.06. The minimum absolute atomic E-state index is 0.0734. The summed E-state index contributed by atoms with van der Waals surface area (Å²) in [5.74, 6) is 0.0719. The van der Waals surface area contributed by atoms with Crippen LogP contribution in [0.1, 0.15) is 54.4 Å². The van der Waals surface area contributed by atoms with Crippen LogP contribution in [0.15, 0.2) is 24.4 Å². The number of nitrogens with zero attached hydrogens (tertiary/aromatic N) is 2. The number of hydrogen-bond donors (Lipinski definition) is 0. The van der Waals surface area contributed by atoms with Gasteiger partial charge >= 0.3 is 0 Å². The van der Waals surface area contributed by atoms with Crippen LogP contribution in [0, 0.1) is 18.8 Å². The first-order valence-corrected chi connectivity index (χ1v) is 8.10. The summed E-state index contributed by atoms with van der Waals surface area (Å²) >= 11 is 0. The molecule has 0 spiro atoms. The van der Waals surface area contributed by atoms with Gasteiger partial charge in [0.1, 0.15) is 0 Å². The summed E-state index contributed by atoms with van der Waals surface area (Å²) in [7, 11) is 1.81. The maximum Gasteiger partial charge on any atom is 0.255 e. The number of carbonyl (C=O) groups is 1. The third-order valence-corrected chi connectivity index (χ3v) is 4.42. The number of halogens is 1. The van der Waals surface area contributed by atoms with E-state index in [4.69, 9.17) is 0 Å². The van der Waals surface area contributed by atoms with Crippen molar-refractivity contribution in [3.05, 3.63) is 41.5 Å². The average molecular weight is 304 g/mol. The molecule has 1 aromatic rings. The predicted octanol–water partition coefficient (Wildman–Crippen LogP) is 4.13. The molecule has 1 amide bonds. The zero-order chi connectivity index (χ0) is 15.9. The largest absolute Gasteiger partial charge is 0.342 e. The molecule has 0 N–H and O–H groups in total. The molecule has 2 rings (SSSR count). The smallest absolute Gasteiger partial charge is 0.255 e. The first-order chi connectivity index (χ1) is 10.6. The molecule has 1 heterocycles. The molecule has 0 bridgehead atoms. The lowest BCUT2D eigenvalue weighted by molar-refractivity contribution is 0.0784. The Kier molecular flexibility index (Phi) is 6.10. The number of rotatable bonds is 4. The molecule has 0 aromatic carbocycles. The summed E-state index contributed by atoms with van der Waals surface area (Å²) in [6.07, 6.45) is 12.9. The number of amides is 1. The van der Waals surface area contributed by atoms with E-state index in [-0.39, 0.29) is 5.91 Å². The second-order valence-corrected chi connectivity index (χ2v) is 6.18. The van der Waals surface area contributed by atoms with Crippen molar-refractivity contribution in [2.24, 2.45) is 5.92 Å². The molecular formula is C18H25FN2O. The Bertz CT molecular complexity index is 542. The van der Waals surface area contributed by atoms with Gasteiger partial charge in [0.05, 0.1) is 5.56 Å². The lowest BCUT2D eigenvalue weighted by Crippen LogP contribution is -2.29. The monoisotopic (exact) mass is 304 g/mol.